The SMILES string of the molecule is CCC(CC)c1cc(C(=O)N(Cc2ccccc2)C(C)C(=O)O)on1. The van der Waals surface area contributed by atoms with Crippen molar-refractivity contribution in [2.45, 2.75) is 52.1 Å². The van der Waals surface area contributed by atoms with Crippen LogP contribution < -0.4 is 0 Å². The number of hydrogen-bond acceptors (Lipinski definition) is 4. The maximum absolute atomic E-state index is 12.8. The Morgan fingerprint density at radius 3 is 2.40 bits per heavy atom. The van der Waals surface area contributed by atoms with Gasteiger partial charge in [-0.1, -0.05) is 49.3 Å². The van der Waals surface area contributed by atoms with Crippen molar-refractivity contribution in [3.8, 4) is 0 Å². The van der Waals surface area contributed by atoms with Gasteiger partial charge in [0, 0.05) is 18.5 Å². The number of carbonyl (C=O) groups excluding carboxylic acids is 1. The molecule has 0 radical (unpaired) electrons. The topological polar surface area (TPSA) is 83.6 Å². The minimum Gasteiger partial charge on any atom is -0.480 e. The molecule has 1 aromatic heterocycles. The summed E-state index contributed by atoms with van der Waals surface area (Å²) in [6, 6.07) is 9.93. The minimum absolute atomic E-state index is 0.0749. The molecule has 0 saturated heterocycles. The van der Waals surface area contributed by atoms with Crippen molar-refractivity contribution in [1.82, 2.24) is 10.1 Å². The first kappa shape index (κ1) is 18.7. The lowest BCUT2D eigenvalue weighted by atomic mass is 9.99. The quantitative estimate of drug-likeness (QED) is 0.789. The van der Waals surface area contributed by atoms with Gasteiger partial charge in [-0.3, -0.25) is 4.79 Å². The monoisotopic (exact) mass is 344 g/mol. The normalized spacial score (nSPS) is 12.2. The van der Waals surface area contributed by atoms with E-state index in [2.05, 4.69) is 19.0 Å². The molecular weight excluding hydrogens is 320 g/mol. The van der Waals surface area contributed by atoms with Crippen molar-refractivity contribution in [1.29, 1.82) is 0 Å². The number of nitrogens with zero attached hydrogens (tertiary/aromatic N) is 2. The summed E-state index contributed by atoms with van der Waals surface area (Å²) in [5, 5.41) is 13.4. The smallest absolute Gasteiger partial charge is 0.326 e. The molecule has 0 fully saturated rings. The van der Waals surface area contributed by atoms with E-state index in [4.69, 9.17) is 4.52 Å². The molecule has 1 N–H and O–H groups in total. The fourth-order valence-corrected chi connectivity index (χ4v) is 2.73. The third-order valence-corrected chi connectivity index (χ3v) is 4.42. The number of carboxylic acid groups (broad SMARTS) is 1. The summed E-state index contributed by atoms with van der Waals surface area (Å²) in [4.78, 5) is 25.6. The van der Waals surface area contributed by atoms with Crippen LogP contribution in [0.25, 0.3) is 0 Å². The van der Waals surface area contributed by atoms with E-state index in [0.29, 0.717) is 0 Å². The van der Waals surface area contributed by atoms with Crippen molar-refractivity contribution in [3.05, 3.63) is 53.4 Å². The predicted octanol–water partition coefficient (Wildman–Crippen LogP) is 3.69. The van der Waals surface area contributed by atoms with Crippen LogP contribution >= 0.6 is 0 Å². The van der Waals surface area contributed by atoms with Crippen molar-refractivity contribution in [2.24, 2.45) is 0 Å². The lowest BCUT2D eigenvalue weighted by Crippen LogP contribution is -2.42. The average molecular weight is 344 g/mol. The Morgan fingerprint density at radius 2 is 1.84 bits per heavy atom. The summed E-state index contributed by atoms with van der Waals surface area (Å²) in [7, 11) is 0. The molecular formula is C19H24N2O4. The van der Waals surface area contributed by atoms with E-state index < -0.39 is 17.9 Å². The van der Waals surface area contributed by atoms with E-state index >= 15 is 0 Å². The average Bonchev–Trinajstić information content (AvgIpc) is 3.10. The van der Waals surface area contributed by atoms with Crippen LogP contribution in [0, 0.1) is 0 Å². The Balaban J connectivity index is 2.27. The summed E-state index contributed by atoms with van der Waals surface area (Å²) < 4.78 is 5.23. The van der Waals surface area contributed by atoms with E-state index in [0.717, 1.165) is 24.1 Å². The third-order valence-electron chi connectivity index (χ3n) is 4.42. The summed E-state index contributed by atoms with van der Waals surface area (Å²) in [5.41, 5.74) is 1.58. The highest BCUT2D eigenvalue weighted by Crippen LogP contribution is 2.23. The molecule has 1 amide bonds. The van der Waals surface area contributed by atoms with Gasteiger partial charge in [0.05, 0.1) is 5.69 Å². The summed E-state index contributed by atoms with van der Waals surface area (Å²) >= 11 is 0. The van der Waals surface area contributed by atoms with Crippen molar-refractivity contribution in [2.75, 3.05) is 0 Å². The number of carboxylic acids is 1. The maximum atomic E-state index is 12.8. The molecule has 1 aromatic carbocycles. The molecule has 0 saturated carbocycles. The maximum Gasteiger partial charge on any atom is 0.326 e. The zero-order valence-corrected chi connectivity index (χ0v) is 14.8. The summed E-state index contributed by atoms with van der Waals surface area (Å²) in [5.74, 6) is -1.23. The van der Waals surface area contributed by atoms with Gasteiger partial charge in [-0.25, -0.2) is 4.79 Å². The molecule has 2 rings (SSSR count). The number of aliphatic carboxylic acids is 1. The largest absolute Gasteiger partial charge is 0.480 e. The summed E-state index contributed by atoms with van der Waals surface area (Å²) in [6.07, 6.45) is 1.80. The Morgan fingerprint density at radius 1 is 1.20 bits per heavy atom. The van der Waals surface area contributed by atoms with Crippen LogP contribution in [0.3, 0.4) is 0 Å². The minimum atomic E-state index is -1.07. The second-order valence-corrected chi connectivity index (χ2v) is 6.06. The molecule has 1 atom stereocenters. The highest BCUT2D eigenvalue weighted by atomic mass is 16.5. The number of hydrogen-bond donors (Lipinski definition) is 1. The predicted molar refractivity (Wildman–Crippen MR) is 93.2 cm³/mol. The van der Waals surface area contributed by atoms with Crippen LogP contribution in [-0.4, -0.2) is 33.1 Å². The van der Waals surface area contributed by atoms with E-state index in [1.807, 2.05) is 30.3 Å². The van der Waals surface area contributed by atoms with Gasteiger partial charge >= 0.3 is 5.97 Å². The molecule has 25 heavy (non-hydrogen) atoms. The van der Waals surface area contributed by atoms with Crippen LogP contribution in [0.4, 0.5) is 0 Å². The number of aromatic nitrogens is 1. The molecule has 134 valence electrons. The van der Waals surface area contributed by atoms with Gasteiger partial charge in [0.15, 0.2) is 0 Å². The molecule has 1 heterocycles. The van der Waals surface area contributed by atoms with Crippen LogP contribution in [0.5, 0.6) is 0 Å². The fraction of sp³-hybridized carbons (Fsp3) is 0.421. The van der Waals surface area contributed by atoms with E-state index in [-0.39, 0.29) is 18.2 Å². The van der Waals surface area contributed by atoms with Crippen molar-refractivity contribution < 1.29 is 19.2 Å². The first-order chi connectivity index (χ1) is 12.0. The van der Waals surface area contributed by atoms with Gasteiger partial charge in [-0.05, 0) is 25.3 Å². The molecule has 2 aromatic rings. The molecule has 1 unspecified atom stereocenters. The van der Waals surface area contributed by atoms with Gasteiger partial charge < -0.3 is 14.5 Å². The summed E-state index contributed by atoms with van der Waals surface area (Å²) in [6.45, 7) is 5.78. The van der Waals surface area contributed by atoms with E-state index in [9.17, 15) is 14.7 Å². The van der Waals surface area contributed by atoms with Crippen LogP contribution in [0.15, 0.2) is 40.9 Å². The van der Waals surface area contributed by atoms with Gasteiger partial charge in [0.25, 0.3) is 5.91 Å². The number of rotatable bonds is 8. The molecule has 6 heteroatoms. The van der Waals surface area contributed by atoms with Crippen LogP contribution in [0.2, 0.25) is 0 Å². The van der Waals surface area contributed by atoms with Gasteiger partial charge in [-0.15, -0.1) is 0 Å². The Labute approximate surface area is 147 Å². The molecule has 0 aliphatic rings. The van der Waals surface area contributed by atoms with Gasteiger partial charge in [0.2, 0.25) is 5.76 Å². The second-order valence-electron chi connectivity index (χ2n) is 6.06. The Hall–Kier alpha value is -2.63. The molecule has 0 spiro atoms. The standard InChI is InChI=1S/C19H24N2O4/c1-4-15(5-2)16-11-17(25-20-16)18(22)21(13(3)19(23)24)12-14-9-7-6-8-10-14/h6-11,13,15H,4-5,12H2,1-3H3,(H,23,24). The van der Waals surface area contributed by atoms with Crippen LogP contribution in [0.1, 0.15) is 61.3 Å². The van der Waals surface area contributed by atoms with Gasteiger partial charge in [-0.2, -0.15) is 0 Å². The Bertz CT molecular complexity index is 707. The van der Waals surface area contributed by atoms with Crippen LogP contribution in [-0.2, 0) is 11.3 Å². The van der Waals surface area contributed by atoms with Gasteiger partial charge in [0.1, 0.15) is 6.04 Å². The highest BCUT2D eigenvalue weighted by Gasteiger charge is 2.29. The number of amides is 1. The number of carbonyl (C=O) groups is 2. The fourth-order valence-electron chi connectivity index (χ4n) is 2.73. The Kier molecular flexibility index (Phi) is 6.33. The third kappa shape index (κ3) is 4.47. The number of benzene rings is 1. The highest BCUT2D eigenvalue weighted by molar-refractivity contribution is 5.94. The molecule has 0 aliphatic carbocycles. The molecule has 6 nitrogen and oxygen atoms in total. The first-order valence-electron chi connectivity index (χ1n) is 8.52. The van der Waals surface area contributed by atoms with E-state index in [1.54, 1.807) is 6.07 Å². The lowest BCUT2D eigenvalue weighted by Gasteiger charge is -2.25. The second kappa shape index (κ2) is 8.46. The van der Waals surface area contributed by atoms with Crippen molar-refractivity contribution in [3.63, 3.8) is 0 Å². The molecule has 0 aliphatic heterocycles. The lowest BCUT2D eigenvalue weighted by molar-refractivity contribution is -0.141. The zero-order valence-electron chi connectivity index (χ0n) is 14.8. The zero-order chi connectivity index (χ0) is 18.4. The molecule has 0 bridgehead atoms. The first-order valence-corrected chi connectivity index (χ1v) is 8.52. The van der Waals surface area contributed by atoms with E-state index in [1.165, 1.54) is 11.8 Å². The van der Waals surface area contributed by atoms with Crippen molar-refractivity contribution >= 4 is 11.9 Å².